The van der Waals surface area contributed by atoms with E-state index in [1.807, 2.05) is 6.92 Å². The van der Waals surface area contributed by atoms with Gasteiger partial charge < -0.3 is 0 Å². The zero-order valence-corrected chi connectivity index (χ0v) is 9.42. The van der Waals surface area contributed by atoms with E-state index in [0.29, 0.717) is 11.3 Å². The van der Waals surface area contributed by atoms with Crippen LogP contribution in [-0.2, 0) is 6.18 Å². The van der Waals surface area contributed by atoms with Crippen LogP contribution in [0.1, 0.15) is 11.1 Å². The standard InChI is InChI=1S/C13H9F4N/c1-8-2-5-12(18-7-8)9-3-4-10(11(14)6-9)13(15,16)17/h2-7H,1H3. The number of pyridine rings is 1. The number of hydrogen-bond acceptors (Lipinski definition) is 1. The lowest BCUT2D eigenvalue weighted by Crippen LogP contribution is -2.07. The van der Waals surface area contributed by atoms with Crippen molar-refractivity contribution in [3.8, 4) is 11.3 Å². The van der Waals surface area contributed by atoms with Crippen molar-refractivity contribution < 1.29 is 17.6 Å². The highest BCUT2D eigenvalue weighted by Gasteiger charge is 2.33. The Hall–Kier alpha value is -1.91. The zero-order valence-electron chi connectivity index (χ0n) is 9.42. The highest BCUT2D eigenvalue weighted by molar-refractivity contribution is 5.59. The fourth-order valence-corrected chi connectivity index (χ4v) is 1.54. The third-order valence-corrected chi connectivity index (χ3v) is 2.48. The van der Waals surface area contributed by atoms with Crippen LogP contribution in [-0.4, -0.2) is 4.98 Å². The molecule has 1 heterocycles. The van der Waals surface area contributed by atoms with Gasteiger partial charge in [-0.05, 0) is 30.7 Å². The first kappa shape index (κ1) is 12.5. The Balaban J connectivity index is 2.43. The SMILES string of the molecule is Cc1ccc(-c2ccc(C(F)(F)F)c(F)c2)nc1. The van der Waals surface area contributed by atoms with E-state index in [0.717, 1.165) is 17.7 Å². The van der Waals surface area contributed by atoms with Crippen LogP contribution in [0, 0.1) is 12.7 Å². The van der Waals surface area contributed by atoms with Crippen molar-refractivity contribution in [3.63, 3.8) is 0 Å². The van der Waals surface area contributed by atoms with Crippen LogP contribution in [0.5, 0.6) is 0 Å². The number of aromatic nitrogens is 1. The molecule has 94 valence electrons. The Kier molecular flexibility index (Phi) is 3.07. The maximum absolute atomic E-state index is 13.4. The highest BCUT2D eigenvalue weighted by Crippen LogP contribution is 2.33. The van der Waals surface area contributed by atoms with Crippen molar-refractivity contribution in [2.75, 3.05) is 0 Å². The Labute approximate surface area is 101 Å². The van der Waals surface area contributed by atoms with Gasteiger partial charge in [0.25, 0.3) is 0 Å². The summed E-state index contributed by atoms with van der Waals surface area (Å²) in [4.78, 5) is 4.03. The van der Waals surface area contributed by atoms with Crippen LogP contribution in [0.25, 0.3) is 11.3 Å². The molecule has 0 N–H and O–H groups in total. The molecule has 1 aromatic carbocycles. The average molecular weight is 255 g/mol. The molecule has 0 saturated carbocycles. The van der Waals surface area contributed by atoms with Crippen molar-refractivity contribution in [1.29, 1.82) is 0 Å². The first-order valence-electron chi connectivity index (χ1n) is 5.18. The van der Waals surface area contributed by atoms with E-state index in [-0.39, 0.29) is 0 Å². The van der Waals surface area contributed by atoms with Crippen molar-refractivity contribution in [3.05, 3.63) is 53.5 Å². The van der Waals surface area contributed by atoms with Gasteiger partial charge in [-0.15, -0.1) is 0 Å². The van der Waals surface area contributed by atoms with Gasteiger partial charge in [-0.2, -0.15) is 13.2 Å². The Morgan fingerprint density at radius 1 is 1.06 bits per heavy atom. The monoisotopic (exact) mass is 255 g/mol. The summed E-state index contributed by atoms with van der Waals surface area (Å²) < 4.78 is 50.5. The van der Waals surface area contributed by atoms with Crippen LogP contribution < -0.4 is 0 Å². The molecule has 0 unspecified atom stereocenters. The summed E-state index contributed by atoms with van der Waals surface area (Å²) in [5.74, 6) is -1.29. The minimum absolute atomic E-state index is 0.320. The Morgan fingerprint density at radius 3 is 2.28 bits per heavy atom. The summed E-state index contributed by atoms with van der Waals surface area (Å²) in [6, 6.07) is 6.19. The lowest BCUT2D eigenvalue weighted by Gasteiger charge is -2.09. The molecule has 1 aromatic heterocycles. The van der Waals surface area contributed by atoms with Crippen LogP contribution in [0.4, 0.5) is 17.6 Å². The molecule has 0 amide bonds. The van der Waals surface area contributed by atoms with Crippen molar-refractivity contribution >= 4 is 0 Å². The Bertz CT molecular complexity index is 558. The number of aryl methyl sites for hydroxylation is 1. The molecule has 0 aliphatic rings. The van der Waals surface area contributed by atoms with Gasteiger partial charge in [0.05, 0.1) is 11.3 Å². The molecular weight excluding hydrogens is 246 g/mol. The van der Waals surface area contributed by atoms with Crippen LogP contribution >= 0.6 is 0 Å². The van der Waals surface area contributed by atoms with Gasteiger partial charge in [0.1, 0.15) is 5.82 Å². The number of rotatable bonds is 1. The second-order valence-electron chi connectivity index (χ2n) is 3.91. The number of alkyl halides is 3. The molecule has 0 aliphatic carbocycles. The first-order valence-corrected chi connectivity index (χ1v) is 5.18. The molecular formula is C13H9F4N. The summed E-state index contributed by atoms with van der Waals surface area (Å²) in [7, 11) is 0. The predicted octanol–water partition coefficient (Wildman–Crippen LogP) is 4.21. The summed E-state index contributed by atoms with van der Waals surface area (Å²) in [6.07, 6.45) is -3.10. The molecule has 0 spiro atoms. The van der Waals surface area contributed by atoms with E-state index < -0.39 is 17.6 Å². The van der Waals surface area contributed by atoms with Crippen molar-refractivity contribution in [2.24, 2.45) is 0 Å². The van der Waals surface area contributed by atoms with E-state index in [4.69, 9.17) is 0 Å². The van der Waals surface area contributed by atoms with E-state index in [1.165, 1.54) is 6.07 Å². The fourth-order valence-electron chi connectivity index (χ4n) is 1.54. The summed E-state index contributed by atoms with van der Waals surface area (Å²) in [5.41, 5.74) is 0.415. The van der Waals surface area contributed by atoms with Crippen LogP contribution in [0.2, 0.25) is 0 Å². The van der Waals surface area contributed by atoms with Crippen LogP contribution in [0.3, 0.4) is 0 Å². The number of halogens is 4. The predicted molar refractivity (Wildman–Crippen MR) is 59.4 cm³/mol. The minimum atomic E-state index is -4.68. The third-order valence-electron chi connectivity index (χ3n) is 2.48. The van der Waals surface area contributed by atoms with Gasteiger partial charge in [-0.1, -0.05) is 12.1 Å². The first-order chi connectivity index (χ1) is 8.38. The zero-order chi connectivity index (χ0) is 13.3. The maximum atomic E-state index is 13.4. The fraction of sp³-hybridized carbons (Fsp3) is 0.154. The molecule has 2 rings (SSSR count). The van der Waals surface area contributed by atoms with Gasteiger partial charge in [0.15, 0.2) is 0 Å². The summed E-state index contributed by atoms with van der Waals surface area (Å²) >= 11 is 0. The number of hydrogen-bond donors (Lipinski definition) is 0. The smallest absolute Gasteiger partial charge is 0.256 e. The molecule has 0 radical (unpaired) electrons. The maximum Gasteiger partial charge on any atom is 0.419 e. The topological polar surface area (TPSA) is 12.9 Å². The molecule has 5 heteroatoms. The molecule has 0 aliphatic heterocycles. The summed E-state index contributed by atoms with van der Waals surface area (Å²) in [6.45, 7) is 1.84. The summed E-state index contributed by atoms with van der Waals surface area (Å²) in [5, 5.41) is 0. The number of benzene rings is 1. The van der Waals surface area contributed by atoms with Gasteiger partial charge >= 0.3 is 6.18 Å². The third kappa shape index (κ3) is 2.50. The normalized spacial score (nSPS) is 11.6. The van der Waals surface area contributed by atoms with E-state index in [1.54, 1.807) is 18.3 Å². The lowest BCUT2D eigenvalue weighted by atomic mass is 10.1. The lowest BCUT2D eigenvalue weighted by molar-refractivity contribution is -0.139. The highest BCUT2D eigenvalue weighted by atomic mass is 19.4. The average Bonchev–Trinajstić information content (AvgIpc) is 2.28. The molecule has 0 bridgehead atoms. The van der Waals surface area contributed by atoms with Gasteiger partial charge in [-0.3, -0.25) is 4.98 Å². The largest absolute Gasteiger partial charge is 0.419 e. The quantitative estimate of drug-likeness (QED) is 0.695. The molecule has 0 fully saturated rings. The Morgan fingerprint density at radius 2 is 1.78 bits per heavy atom. The second kappa shape index (κ2) is 4.40. The molecule has 18 heavy (non-hydrogen) atoms. The second-order valence-corrected chi connectivity index (χ2v) is 3.91. The van der Waals surface area contributed by atoms with E-state index in [2.05, 4.69) is 4.98 Å². The molecule has 1 nitrogen and oxygen atoms in total. The van der Waals surface area contributed by atoms with E-state index >= 15 is 0 Å². The van der Waals surface area contributed by atoms with E-state index in [9.17, 15) is 17.6 Å². The van der Waals surface area contributed by atoms with Gasteiger partial charge in [-0.25, -0.2) is 4.39 Å². The number of nitrogens with zero attached hydrogens (tertiary/aromatic N) is 1. The van der Waals surface area contributed by atoms with Crippen molar-refractivity contribution in [1.82, 2.24) is 4.98 Å². The van der Waals surface area contributed by atoms with Crippen LogP contribution in [0.15, 0.2) is 36.5 Å². The molecule has 0 atom stereocenters. The van der Waals surface area contributed by atoms with Gasteiger partial charge in [0, 0.05) is 11.8 Å². The minimum Gasteiger partial charge on any atom is -0.256 e. The molecule has 2 aromatic rings. The van der Waals surface area contributed by atoms with Crippen molar-refractivity contribution in [2.45, 2.75) is 13.1 Å². The molecule has 0 saturated heterocycles. The van der Waals surface area contributed by atoms with Gasteiger partial charge in [0.2, 0.25) is 0 Å².